The van der Waals surface area contributed by atoms with Gasteiger partial charge in [-0.05, 0) is 26.2 Å². The van der Waals surface area contributed by atoms with Crippen molar-refractivity contribution >= 4 is 5.96 Å². The minimum absolute atomic E-state index is 0.351. The third kappa shape index (κ3) is 2.20. The lowest BCUT2D eigenvalue weighted by molar-refractivity contribution is -0.168. The van der Waals surface area contributed by atoms with Gasteiger partial charge in [0.2, 0.25) is 0 Å². The second-order valence-corrected chi connectivity index (χ2v) is 5.09. The van der Waals surface area contributed by atoms with Crippen molar-refractivity contribution in [3.63, 3.8) is 0 Å². The highest BCUT2D eigenvalue weighted by atomic mass is 16.5. The molecular formula is C14H23N3O. The molecule has 18 heavy (non-hydrogen) atoms. The molecule has 2 aliphatic rings. The number of nitrogens with zero attached hydrogens (tertiary/aromatic N) is 1. The zero-order valence-corrected chi connectivity index (χ0v) is 11.3. The molecule has 0 heterocycles. The minimum atomic E-state index is 0.351. The van der Waals surface area contributed by atoms with E-state index in [2.05, 4.69) is 28.5 Å². The van der Waals surface area contributed by atoms with Crippen LogP contribution in [0.15, 0.2) is 4.99 Å². The van der Waals surface area contributed by atoms with Crippen molar-refractivity contribution in [3.8, 4) is 12.3 Å². The van der Waals surface area contributed by atoms with Crippen LogP contribution in [0.1, 0.15) is 32.6 Å². The van der Waals surface area contributed by atoms with E-state index in [1.54, 1.807) is 7.05 Å². The molecule has 0 radical (unpaired) electrons. The molecule has 2 atom stereocenters. The number of hydrogen-bond acceptors (Lipinski definition) is 2. The van der Waals surface area contributed by atoms with Gasteiger partial charge in [0.1, 0.15) is 0 Å². The summed E-state index contributed by atoms with van der Waals surface area (Å²) in [7, 11) is 1.78. The van der Waals surface area contributed by atoms with E-state index in [0.29, 0.717) is 24.1 Å². The second-order valence-electron chi connectivity index (χ2n) is 5.09. The zero-order chi connectivity index (χ0) is 13.0. The summed E-state index contributed by atoms with van der Waals surface area (Å²) in [5.74, 6) is 3.37. The molecule has 2 rings (SSSR count). The first-order chi connectivity index (χ1) is 8.76. The first-order valence-electron chi connectivity index (χ1n) is 6.79. The van der Waals surface area contributed by atoms with E-state index >= 15 is 0 Å². The highest BCUT2D eigenvalue weighted by Gasteiger charge is 2.59. The van der Waals surface area contributed by atoms with Gasteiger partial charge >= 0.3 is 0 Å². The number of aliphatic imine (C=N–C) groups is 1. The Labute approximate surface area is 110 Å². The van der Waals surface area contributed by atoms with Crippen LogP contribution in [0.2, 0.25) is 0 Å². The average Bonchev–Trinajstić information content (AvgIpc) is 2.29. The fourth-order valence-electron chi connectivity index (χ4n) is 3.14. The van der Waals surface area contributed by atoms with Gasteiger partial charge in [-0.1, -0.05) is 12.3 Å². The third-order valence-corrected chi connectivity index (χ3v) is 4.33. The summed E-state index contributed by atoms with van der Waals surface area (Å²) in [4.78, 5) is 4.20. The van der Waals surface area contributed by atoms with Crippen LogP contribution in [0, 0.1) is 17.8 Å². The summed E-state index contributed by atoms with van der Waals surface area (Å²) in [6.07, 6.45) is 10.6. The van der Waals surface area contributed by atoms with E-state index in [4.69, 9.17) is 11.2 Å². The Kier molecular flexibility index (Phi) is 4.13. The highest BCUT2D eigenvalue weighted by Crippen LogP contribution is 2.57. The van der Waals surface area contributed by atoms with Gasteiger partial charge in [0.15, 0.2) is 5.96 Å². The maximum absolute atomic E-state index is 5.83. The molecule has 0 aromatic carbocycles. The first-order valence-corrected chi connectivity index (χ1v) is 6.79. The topological polar surface area (TPSA) is 45.7 Å². The second kappa shape index (κ2) is 5.62. The Morgan fingerprint density at radius 3 is 2.83 bits per heavy atom. The SMILES string of the molecule is C#CCNC(=NC)NC1CC(OCC)C12CCC2. The van der Waals surface area contributed by atoms with E-state index in [1.807, 2.05) is 0 Å². The van der Waals surface area contributed by atoms with Gasteiger partial charge in [0, 0.05) is 25.1 Å². The number of terminal acetylenes is 1. The fraction of sp³-hybridized carbons (Fsp3) is 0.786. The van der Waals surface area contributed by atoms with E-state index < -0.39 is 0 Å². The minimum Gasteiger partial charge on any atom is -0.378 e. The predicted octanol–water partition coefficient (Wildman–Crippen LogP) is 1.13. The number of hydrogen-bond donors (Lipinski definition) is 2. The monoisotopic (exact) mass is 249 g/mol. The van der Waals surface area contributed by atoms with E-state index in [9.17, 15) is 0 Å². The zero-order valence-electron chi connectivity index (χ0n) is 11.3. The molecule has 2 fully saturated rings. The lowest BCUT2D eigenvalue weighted by Crippen LogP contribution is -2.68. The largest absolute Gasteiger partial charge is 0.378 e. The number of guanidine groups is 1. The molecule has 4 nitrogen and oxygen atoms in total. The molecule has 0 aromatic rings. The normalized spacial score (nSPS) is 29.1. The maximum atomic E-state index is 5.83. The molecule has 0 bridgehead atoms. The van der Waals surface area contributed by atoms with Crippen molar-refractivity contribution in [2.75, 3.05) is 20.2 Å². The van der Waals surface area contributed by atoms with E-state index in [1.165, 1.54) is 19.3 Å². The Morgan fingerprint density at radius 1 is 1.56 bits per heavy atom. The molecule has 100 valence electrons. The summed E-state index contributed by atoms with van der Waals surface area (Å²) < 4.78 is 5.83. The standard InChI is InChI=1S/C14H23N3O/c1-4-9-16-13(15-3)17-11-10-12(18-5-2)14(11)7-6-8-14/h1,11-12H,5-10H2,2-3H3,(H2,15,16,17). The predicted molar refractivity (Wildman–Crippen MR) is 73.4 cm³/mol. The van der Waals surface area contributed by atoms with Crippen LogP contribution in [0.25, 0.3) is 0 Å². The van der Waals surface area contributed by atoms with Gasteiger partial charge in [-0.15, -0.1) is 6.42 Å². The van der Waals surface area contributed by atoms with Crippen LogP contribution >= 0.6 is 0 Å². The van der Waals surface area contributed by atoms with E-state index in [-0.39, 0.29) is 0 Å². The highest BCUT2D eigenvalue weighted by molar-refractivity contribution is 5.80. The Hall–Kier alpha value is -1.21. The molecule has 4 heteroatoms. The molecule has 2 saturated carbocycles. The molecule has 0 aliphatic heterocycles. The van der Waals surface area contributed by atoms with Crippen LogP contribution in [-0.4, -0.2) is 38.3 Å². The molecular weight excluding hydrogens is 226 g/mol. The maximum Gasteiger partial charge on any atom is 0.191 e. The Balaban J connectivity index is 1.89. The van der Waals surface area contributed by atoms with Gasteiger partial charge in [-0.25, -0.2) is 0 Å². The lowest BCUT2D eigenvalue weighted by atomic mass is 9.51. The van der Waals surface area contributed by atoms with Crippen LogP contribution in [-0.2, 0) is 4.74 Å². The average molecular weight is 249 g/mol. The molecule has 2 unspecified atom stereocenters. The quantitative estimate of drug-likeness (QED) is 0.446. The Morgan fingerprint density at radius 2 is 2.33 bits per heavy atom. The van der Waals surface area contributed by atoms with Gasteiger partial charge in [0.05, 0.1) is 12.6 Å². The fourth-order valence-corrected chi connectivity index (χ4v) is 3.14. The summed E-state index contributed by atoms with van der Waals surface area (Å²) in [5.41, 5.74) is 0.351. The van der Waals surface area contributed by atoms with Gasteiger partial charge in [-0.2, -0.15) is 0 Å². The molecule has 0 aromatic heterocycles. The van der Waals surface area contributed by atoms with Gasteiger partial charge in [0.25, 0.3) is 0 Å². The van der Waals surface area contributed by atoms with Gasteiger partial charge < -0.3 is 15.4 Å². The van der Waals surface area contributed by atoms with Crippen molar-refractivity contribution in [1.29, 1.82) is 0 Å². The molecule has 1 spiro atoms. The third-order valence-electron chi connectivity index (χ3n) is 4.33. The molecule has 0 amide bonds. The van der Waals surface area contributed by atoms with Crippen molar-refractivity contribution in [2.45, 2.75) is 44.8 Å². The molecule has 2 aliphatic carbocycles. The number of nitrogens with one attached hydrogen (secondary N) is 2. The Bertz CT molecular complexity index is 355. The van der Waals surface area contributed by atoms with Crippen molar-refractivity contribution in [2.24, 2.45) is 10.4 Å². The van der Waals surface area contributed by atoms with Crippen molar-refractivity contribution < 1.29 is 4.74 Å². The number of rotatable bonds is 4. The smallest absolute Gasteiger partial charge is 0.191 e. The van der Waals surface area contributed by atoms with Gasteiger partial charge in [-0.3, -0.25) is 4.99 Å². The molecule has 0 saturated heterocycles. The summed E-state index contributed by atoms with van der Waals surface area (Å²) in [6, 6.07) is 0.478. The molecule has 2 N–H and O–H groups in total. The van der Waals surface area contributed by atoms with Crippen molar-refractivity contribution in [3.05, 3.63) is 0 Å². The van der Waals surface area contributed by atoms with Crippen LogP contribution < -0.4 is 10.6 Å². The summed E-state index contributed by atoms with van der Waals surface area (Å²) in [5, 5.41) is 6.60. The van der Waals surface area contributed by atoms with Crippen LogP contribution in [0.5, 0.6) is 0 Å². The van der Waals surface area contributed by atoms with E-state index in [0.717, 1.165) is 19.0 Å². The van der Waals surface area contributed by atoms with Crippen molar-refractivity contribution in [1.82, 2.24) is 10.6 Å². The number of ether oxygens (including phenoxy) is 1. The van der Waals surface area contributed by atoms with Crippen LogP contribution in [0.4, 0.5) is 0 Å². The summed E-state index contributed by atoms with van der Waals surface area (Å²) >= 11 is 0. The lowest BCUT2D eigenvalue weighted by Gasteiger charge is -2.61. The summed E-state index contributed by atoms with van der Waals surface area (Å²) in [6.45, 7) is 3.39. The van der Waals surface area contributed by atoms with Crippen LogP contribution in [0.3, 0.4) is 0 Å². The first kappa shape index (κ1) is 13.2.